The first kappa shape index (κ1) is 21.3. The molecule has 1 aromatic carbocycles. The van der Waals surface area contributed by atoms with E-state index in [9.17, 15) is 9.59 Å². The van der Waals surface area contributed by atoms with Crippen LogP contribution in [0.25, 0.3) is 0 Å². The molecule has 0 aromatic heterocycles. The van der Waals surface area contributed by atoms with Gasteiger partial charge >= 0.3 is 6.09 Å². The summed E-state index contributed by atoms with van der Waals surface area (Å²) >= 11 is 6.02. The van der Waals surface area contributed by atoms with E-state index in [-0.39, 0.29) is 5.91 Å². The first-order valence-electron chi connectivity index (χ1n) is 8.83. The van der Waals surface area contributed by atoms with Crippen LogP contribution in [0.2, 0.25) is 5.02 Å². The average molecular weight is 369 g/mol. The molecule has 1 N–H and O–H groups in total. The lowest BCUT2D eigenvalue weighted by molar-refractivity contribution is -0.120. The lowest BCUT2D eigenvalue weighted by Gasteiger charge is -2.26. The minimum absolute atomic E-state index is 0.129. The second kappa shape index (κ2) is 9.66. The van der Waals surface area contributed by atoms with E-state index in [1.807, 2.05) is 26.0 Å². The average Bonchev–Trinajstić information content (AvgIpc) is 2.70. The molecule has 5 nitrogen and oxygen atoms in total. The van der Waals surface area contributed by atoms with E-state index in [1.54, 1.807) is 37.8 Å². The number of amides is 2. The van der Waals surface area contributed by atoms with Crippen molar-refractivity contribution in [2.75, 3.05) is 11.4 Å². The van der Waals surface area contributed by atoms with Crippen molar-refractivity contribution >= 4 is 29.3 Å². The molecule has 1 aliphatic heterocycles. The number of alkyl carbamates (subject to hydrolysis) is 1. The summed E-state index contributed by atoms with van der Waals surface area (Å²) in [6, 6.07) is 6.61. The van der Waals surface area contributed by atoms with Crippen LogP contribution >= 0.6 is 11.6 Å². The molecule has 1 fully saturated rings. The van der Waals surface area contributed by atoms with Gasteiger partial charge in [0.15, 0.2) is 0 Å². The monoisotopic (exact) mass is 368 g/mol. The highest BCUT2D eigenvalue weighted by Gasteiger charge is 2.30. The number of rotatable bonds is 2. The van der Waals surface area contributed by atoms with Gasteiger partial charge in [-0.15, -0.1) is 0 Å². The van der Waals surface area contributed by atoms with Gasteiger partial charge in [0, 0.05) is 17.3 Å². The maximum Gasteiger partial charge on any atom is 0.408 e. The van der Waals surface area contributed by atoms with Crippen LogP contribution in [0.15, 0.2) is 24.3 Å². The Labute approximate surface area is 155 Å². The molecule has 1 saturated heterocycles. The number of benzene rings is 1. The number of carbonyl (C=O) groups is 2. The van der Waals surface area contributed by atoms with E-state index in [2.05, 4.69) is 5.32 Å². The van der Waals surface area contributed by atoms with Crippen molar-refractivity contribution in [3.8, 4) is 0 Å². The Hall–Kier alpha value is -1.75. The second-order valence-corrected chi connectivity index (χ2v) is 7.10. The molecule has 25 heavy (non-hydrogen) atoms. The highest BCUT2D eigenvalue weighted by atomic mass is 35.5. The summed E-state index contributed by atoms with van der Waals surface area (Å²) in [6.45, 7) is 9.99. The lowest BCUT2D eigenvalue weighted by atomic mass is 10.1. The van der Waals surface area contributed by atoms with Crippen molar-refractivity contribution in [3.05, 3.63) is 29.3 Å². The van der Waals surface area contributed by atoms with Crippen molar-refractivity contribution in [2.45, 2.75) is 65.5 Å². The van der Waals surface area contributed by atoms with Gasteiger partial charge in [-0.2, -0.15) is 0 Å². The first-order valence-corrected chi connectivity index (χ1v) is 9.20. The quantitative estimate of drug-likeness (QED) is 0.817. The van der Waals surface area contributed by atoms with Gasteiger partial charge in [-0.3, -0.25) is 4.79 Å². The summed E-state index contributed by atoms with van der Waals surface area (Å²) < 4.78 is 5.25. The van der Waals surface area contributed by atoms with Crippen LogP contribution in [0.4, 0.5) is 10.5 Å². The van der Waals surface area contributed by atoms with E-state index in [0.717, 1.165) is 18.5 Å². The summed E-state index contributed by atoms with van der Waals surface area (Å²) in [7, 11) is 0. The van der Waals surface area contributed by atoms with Crippen LogP contribution in [0.3, 0.4) is 0 Å². The molecule has 1 aliphatic rings. The maximum atomic E-state index is 12.8. The van der Waals surface area contributed by atoms with Crippen LogP contribution in [0.1, 0.15) is 53.9 Å². The highest BCUT2D eigenvalue weighted by molar-refractivity contribution is 6.30. The van der Waals surface area contributed by atoms with Gasteiger partial charge in [0.05, 0.1) is 0 Å². The third-order valence-corrected chi connectivity index (χ3v) is 3.73. The Balaban J connectivity index is 0.00000151. The molecule has 1 atom stereocenters. The Morgan fingerprint density at radius 3 is 2.56 bits per heavy atom. The van der Waals surface area contributed by atoms with Gasteiger partial charge in [0.2, 0.25) is 5.91 Å². The van der Waals surface area contributed by atoms with E-state index < -0.39 is 17.7 Å². The predicted octanol–water partition coefficient (Wildman–Crippen LogP) is 4.78. The molecular formula is C19H29ClN2O3. The molecule has 1 aromatic rings. The van der Waals surface area contributed by atoms with Crippen molar-refractivity contribution < 1.29 is 14.3 Å². The van der Waals surface area contributed by atoms with Crippen molar-refractivity contribution in [1.82, 2.24) is 5.32 Å². The molecule has 0 saturated carbocycles. The zero-order valence-electron chi connectivity index (χ0n) is 15.8. The number of anilines is 1. The molecule has 0 spiro atoms. The summed E-state index contributed by atoms with van der Waals surface area (Å²) in [6.07, 6.45) is 1.78. The summed E-state index contributed by atoms with van der Waals surface area (Å²) in [5.41, 5.74) is 0.158. The van der Waals surface area contributed by atoms with Gasteiger partial charge in [-0.05, 0) is 58.2 Å². The molecule has 2 rings (SSSR count). The van der Waals surface area contributed by atoms with E-state index >= 15 is 0 Å². The smallest absolute Gasteiger partial charge is 0.408 e. The molecule has 0 aliphatic carbocycles. The number of halogens is 1. The second-order valence-electron chi connectivity index (χ2n) is 6.66. The zero-order valence-corrected chi connectivity index (χ0v) is 16.5. The van der Waals surface area contributed by atoms with Crippen LogP contribution in [-0.2, 0) is 9.53 Å². The standard InChI is InChI=1S/C17H23ClN2O3.C2H6/c1-17(2,3)23-16(22)19-14-9-4-5-10-20(15(14)21)13-8-6-7-12(18)11-13;1-2/h6-8,11,14H,4-5,9-10H2,1-3H3,(H,19,22);1-2H3. The van der Waals surface area contributed by atoms with Crippen LogP contribution < -0.4 is 10.2 Å². The Bertz CT molecular complexity index is 584. The summed E-state index contributed by atoms with van der Waals surface area (Å²) in [4.78, 5) is 26.4. The van der Waals surface area contributed by atoms with Crippen LogP contribution in [-0.4, -0.2) is 30.2 Å². The predicted molar refractivity (Wildman–Crippen MR) is 102 cm³/mol. The van der Waals surface area contributed by atoms with Gasteiger partial charge in [0.25, 0.3) is 0 Å². The number of hydrogen-bond acceptors (Lipinski definition) is 3. The fraction of sp³-hybridized carbons (Fsp3) is 0.579. The Morgan fingerprint density at radius 1 is 1.28 bits per heavy atom. The molecule has 6 heteroatoms. The largest absolute Gasteiger partial charge is 0.444 e. The van der Waals surface area contributed by atoms with Gasteiger partial charge in [0.1, 0.15) is 11.6 Å². The molecule has 0 radical (unpaired) electrons. The van der Waals surface area contributed by atoms with E-state index in [4.69, 9.17) is 16.3 Å². The number of carbonyl (C=O) groups excluding carboxylic acids is 2. The van der Waals surface area contributed by atoms with Crippen molar-refractivity contribution in [2.24, 2.45) is 0 Å². The zero-order chi connectivity index (χ0) is 19.0. The van der Waals surface area contributed by atoms with Gasteiger partial charge in [-0.25, -0.2) is 4.79 Å². The molecule has 0 bridgehead atoms. The SMILES string of the molecule is CC.CC(C)(C)OC(=O)NC1CCCCN(c2cccc(Cl)c2)C1=O. The third kappa shape index (κ3) is 6.94. The number of hydrogen-bond donors (Lipinski definition) is 1. The molecule has 140 valence electrons. The summed E-state index contributed by atoms with van der Waals surface area (Å²) in [5, 5.41) is 3.27. The molecule has 1 heterocycles. The maximum absolute atomic E-state index is 12.8. The van der Waals surface area contributed by atoms with Crippen LogP contribution in [0.5, 0.6) is 0 Å². The topological polar surface area (TPSA) is 58.6 Å². The highest BCUT2D eigenvalue weighted by Crippen LogP contribution is 2.24. The fourth-order valence-electron chi connectivity index (χ4n) is 2.52. The Kier molecular flexibility index (Phi) is 8.23. The lowest BCUT2D eigenvalue weighted by Crippen LogP contribution is -2.48. The van der Waals surface area contributed by atoms with Crippen molar-refractivity contribution in [3.63, 3.8) is 0 Å². The molecule has 1 unspecified atom stereocenters. The number of nitrogens with zero attached hydrogens (tertiary/aromatic N) is 1. The minimum atomic E-state index is -0.593. The minimum Gasteiger partial charge on any atom is -0.444 e. The number of nitrogens with one attached hydrogen (secondary N) is 1. The molecule has 2 amide bonds. The van der Waals surface area contributed by atoms with Crippen molar-refractivity contribution in [1.29, 1.82) is 0 Å². The number of ether oxygens (including phenoxy) is 1. The third-order valence-electron chi connectivity index (χ3n) is 3.50. The van der Waals surface area contributed by atoms with E-state index in [1.165, 1.54) is 0 Å². The summed E-state index contributed by atoms with van der Waals surface area (Å²) in [5.74, 6) is -0.129. The van der Waals surface area contributed by atoms with Gasteiger partial charge < -0.3 is 15.0 Å². The van der Waals surface area contributed by atoms with E-state index in [0.29, 0.717) is 18.0 Å². The van der Waals surface area contributed by atoms with Crippen LogP contribution in [0, 0.1) is 0 Å². The fourth-order valence-corrected chi connectivity index (χ4v) is 2.71. The Morgan fingerprint density at radius 2 is 1.96 bits per heavy atom. The molecular weight excluding hydrogens is 340 g/mol. The first-order chi connectivity index (χ1) is 11.8. The van der Waals surface area contributed by atoms with Gasteiger partial charge in [-0.1, -0.05) is 31.5 Å². The normalized spacial score (nSPS) is 17.9.